The van der Waals surface area contributed by atoms with Crippen molar-refractivity contribution >= 4 is 37.8 Å². The van der Waals surface area contributed by atoms with Gasteiger partial charge in [0.2, 0.25) is 0 Å². The molecule has 0 saturated heterocycles. The minimum absolute atomic E-state index is 0.0623. The average molecular weight is 357 g/mol. The number of halogens is 2. The summed E-state index contributed by atoms with van der Waals surface area (Å²) < 4.78 is 0.964. The Labute approximate surface area is 117 Å². The summed E-state index contributed by atoms with van der Waals surface area (Å²) in [5, 5.41) is 2.98. The molecule has 0 radical (unpaired) electrons. The van der Waals surface area contributed by atoms with E-state index < -0.39 is 0 Å². The van der Waals surface area contributed by atoms with Crippen LogP contribution in [0.3, 0.4) is 0 Å². The van der Waals surface area contributed by atoms with Gasteiger partial charge in [-0.1, -0.05) is 68.3 Å². The first-order valence-corrected chi connectivity index (χ1v) is 6.93. The molecule has 2 atom stereocenters. The average Bonchev–Trinajstić information content (AvgIpc) is 2.35. The molecular formula is C13H11Br2NO. The first-order valence-electron chi connectivity index (χ1n) is 5.22. The second-order valence-electron chi connectivity index (χ2n) is 3.70. The number of nitrogens with one attached hydrogen (secondary N) is 1. The molecule has 0 saturated carbocycles. The van der Waals surface area contributed by atoms with Crippen molar-refractivity contribution in [2.24, 2.45) is 0 Å². The Hall–Kier alpha value is -0.870. The summed E-state index contributed by atoms with van der Waals surface area (Å²) in [5.41, 5.74) is 0.669. The summed E-state index contributed by atoms with van der Waals surface area (Å²) in [4.78, 5) is 12.1. The highest BCUT2D eigenvalue weighted by molar-refractivity contribution is 9.12. The summed E-state index contributed by atoms with van der Waals surface area (Å²) in [6, 6.07) is 9.14. The lowest BCUT2D eigenvalue weighted by Crippen LogP contribution is -2.41. The first kappa shape index (κ1) is 12.6. The van der Waals surface area contributed by atoms with Crippen molar-refractivity contribution in [3.05, 3.63) is 58.6 Å². The van der Waals surface area contributed by atoms with E-state index in [4.69, 9.17) is 0 Å². The molecule has 1 amide bonds. The first-order chi connectivity index (χ1) is 8.18. The molecule has 2 unspecified atom stereocenters. The Balaban J connectivity index is 2.09. The van der Waals surface area contributed by atoms with E-state index in [1.54, 1.807) is 12.1 Å². The SMILES string of the molecule is O=C(NC1C(Br)=CC=CC1Br)c1ccccc1. The molecule has 0 fully saturated rings. The van der Waals surface area contributed by atoms with Gasteiger partial charge in [0.25, 0.3) is 5.91 Å². The van der Waals surface area contributed by atoms with Gasteiger partial charge in [0.1, 0.15) is 0 Å². The number of carbonyl (C=O) groups is 1. The van der Waals surface area contributed by atoms with E-state index in [0.717, 1.165) is 4.48 Å². The summed E-state index contributed by atoms with van der Waals surface area (Å²) in [5.74, 6) is -0.0688. The number of hydrogen-bond donors (Lipinski definition) is 1. The minimum atomic E-state index is -0.0688. The molecule has 0 bridgehead atoms. The number of rotatable bonds is 2. The molecule has 0 aliphatic heterocycles. The van der Waals surface area contributed by atoms with Crippen LogP contribution in [0.15, 0.2) is 53.0 Å². The molecule has 4 heteroatoms. The topological polar surface area (TPSA) is 29.1 Å². The summed E-state index contributed by atoms with van der Waals surface area (Å²) in [6.07, 6.45) is 5.89. The molecule has 2 nitrogen and oxygen atoms in total. The van der Waals surface area contributed by atoms with E-state index in [0.29, 0.717) is 5.56 Å². The van der Waals surface area contributed by atoms with E-state index in [9.17, 15) is 4.79 Å². The van der Waals surface area contributed by atoms with Gasteiger partial charge in [-0.3, -0.25) is 4.79 Å². The molecular weight excluding hydrogens is 346 g/mol. The molecule has 1 aliphatic rings. The summed E-state index contributed by atoms with van der Waals surface area (Å²) >= 11 is 6.99. The maximum atomic E-state index is 12.0. The number of hydrogen-bond acceptors (Lipinski definition) is 1. The number of alkyl halides is 1. The van der Waals surface area contributed by atoms with Crippen LogP contribution in [0.1, 0.15) is 10.4 Å². The van der Waals surface area contributed by atoms with Crippen molar-refractivity contribution in [1.82, 2.24) is 5.32 Å². The second kappa shape index (κ2) is 5.65. The van der Waals surface area contributed by atoms with Crippen LogP contribution in [0.25, 0.3) is 0 Å². The standard InChI is InChI=1S/C13H11Br2NO/c14-10-7-4-8-11(15)12(10)16-13(17)9-5-2-1-3-6-9/h1-8,10,12H,(H,16,17). The fourth-order valence-electron chi connectivity index (χ4n) is 1.58. The molecule has 2 rings (SSSR count). The van der Waals surface area contributed by atoms with E-state index in [1.807, 2.05) is 36.4 Å². The Morgan fingerprint density at radius 1 is 1.24 bits per heavy atom. The van der Waals surface area contributed by atoms with Gasteiger partial charge in [0, 0.05) is 10.0 Å². The molecule has 88 valence electrons. The number of allylic oxidation sites excluding steroid dienone is 2. The highest BCUT2D eigenvalue weighted by Gasteiger charge is 2.23. The fraction of sp³-hybridized carbons (Fsp3) is 0.154. The third kappa shape index (κ3) is 3.07. The molecule has 1 N–H and O–H groups in total. The van der Waals surface area contributed by atoms with Crippen LogP contribution in [-0.2, 0) is 0 Å². The van der Waals surface area contributed by atoms with Gasteiger partial charge in [0.05, 0.1) is 10.9 Å². The van der Waals surface area contributed by atoms with Crippen LogP contribution < -0.4 is 5.32 Å². The van der Waals surface area contributed by atoms with Crippen LogP contribution in [0, 0.1) is 0 Å². The van der Waals surface area contributed by atoms with Crippen LogP contribution in [0.2, 0.25) is 0 Å². The van der Waals surface area contributed by atoms with Gasteiger partial charge in [-0.25, -0.2) is 0 Å². The monoisotopic (exact) mass is 355 g/mol. The molecule has 0 spiro atoms. The van der Waals surface area contributed by atoms with Crippen molar-refractivity contribution in [3.8, 4) is 0 Å². The van der Waals surface area contributed by atoms with Gasteiger partial charge >= 0.3 is 0 Å². The van der Waals surface area contributed by atoms with Crippen molar-refractivity contribution in [3.63, 3.8) is 0 Å². The zero-order chi connectivity index (χ0) is 12.3. The van der Waals surface area contributed by atoms with Crippen molar-refractivity contribution in [1.29, 1.82) is 0 Å². The maximum Gasteiger partial charge on any atom is 0.251 e. The van der Waals surface area contributed by atoms with Gasteiger partial charge in [0.15, 0.2) is 0 Å². The minimum Gasteiger partial charge on any atom is -0.343 e. The third-order valence-corrected chi connectivity index (χ3v) is 4.08. The molecule has 1 aromatic carbocycles. The lowest BCUT2D eigenvalue weighted by Gasteiger charge is -2.23. The fourth-order valence-corrected chi connectivity index (χ4v) is 3.08. The third-order valence-electron chi connectivity index (χ3n) is 2.49. The zero-order valence-electron chi connectivity index (χ0n) is 8.94. The highest BCUT2D eigenvalue weighted by Crippen LogP contribution is 2.24. The van der Waals surface area contributed by atoms with Crippen LogP contribution >= 0.6 is 31.9 Å². The second-order valence-corrected chi connectivity index (χ2v) is 5.67. The lowest BCUT2D eigenvalue weighted by atomic mass is 10.1. The number of amides is 1. The predicted octanol–water partition coefficient (Wildman–Crippen LogP) is 3.40. The molecule has 0 heterocycles. The Bertz CT molecular complexity index is 468. The van der Waals surface area contributed by atoms with Crippen molar-refractivity contribution < 1.29 is 4.79 Å². The normalized spacial score (nSPS) is 23.1. The van der Waals surface area contributed by atoms with Gasteiger partial charge in [-0.05, 0) is 12.1 Å². The highest BCUT2D eigenvalue weighted by atomic mass is 79.9. The quantitative estimate of drug-likeness (QED) is 0.808. The van der Waals surface area contributed by atoms with E-state index in [2.05, 4.69) is 37.2 Å². The zero-order valence-corrected chi connectivity index (χ0v) is 12.1. The smallest absolute Gasteiger partial charge is 0.251 e. The Kier molecular flexibility index (Phi) is 4.18. The van der Waals surface area contributed by atoms with Crippen LogP contribution in [0.4, 0.5) is 0 Å². The largest absolute Gasteiger partial charge is 0.343 e. The maximum absolute atomic E-state index is 12.0. The van der Waals surface area contributed by atoms with Gasteiger partial charge < -0.3 is 5.32 Å². The van der Waals surface area contributed by atoms with E-state index in [1.165, 1.54) is 0 Å². The molecule has 1 aliphatic carbocycles. The van der Waals surface area contributed by atoms with Crippen molar-refractivity contribution in [2.45, 2.75) is 10.9 Å². The molecule has 1 aromatic rings. The van der Waals surface area contributed by atoms with E-state index >= 15 is 0 Å². The van der Waals surface area contributed by atoms with E-state index in [-0.39, 0.29) is 16.8 Å². The van der Waals surface area contributed by atoms with Crippen LogP contribution in [-0.4, -0.2) is 16.8 Å². The molecule has 0 aromatic heterocycles. The molecule has 17 heavy (non-hydrogen) atoms. The lowest BCUT2D eigenvalue weighted by molar-refractivity contribution is 0.0945. The summed E-state index contributed by atoms with van der Waals surface area (Å²) in [6.45, 7) is 0. The van der Waals surface area contributed by atoms with Gasteiger partial charge in [-0.2, -0.15) is 0 Å². The van der Waals surface area contributed by atoms with Gasteiger partial charge in [-0.15, -0.1) is 0 Å². The summed E-state index contributed by atoms with van der Waals surface area (Å²) in [7, 11) is 0. The Morgan fingerprint density at radius 2 is 1.94 bits per heavy atom. The number of benzene rings is 1. The number of carbonyl (C=O) groups excluding carboxylic acids is 1. The predicted molar refractivity (Wildman–Crippen MR) is 76.6 cm³/mol. The Morgan fingerprint density at radius 3 is 2.59 bits per heavy atom. The van der Waals surface area contributed by atoms with Crippen LogP contribution in [0.5, 0.6) is 0 Å². The van der Waals surface area contributed by atoms with Crippen molar-refractivity contribution in [2.75, 3.05) is 0 Å².